The Balaban J connectivity index is 1.14. The Kier molecular flexibility index (Phi) is 9.24. The van der Waals surface area contributed by atoms with E-state index in [0.717, 1.165) is 52.0 Å². The van der Waals surface area contributed by atoms with E-state index in [1.54, 1.807) is 44.2 Å². The van der Waals surface area contributed by atoms with E-state index in [1.165, 1.54) is 16.9 Å². The number of ether oxygens (including phenoxy) is 2. The first-order chi connectivity index (χ1) is 20.0. The van der Waals surface area contributed by atoms with Gasteiger partial charge in [-0.15, -0.1) is 23.1 Å². The van der Waals surface area contributed by atoms with Gasteiger partial charge in [0, 0.05) is 32.6 Å². The Morgan fingerprint density at radius 1 is 0.902 bits per heavy atom. The summed E-state index contributed by atoms with van der Waals surface area (Å²) in [4.78, 5) is 29.6. The van der Waals surface area contributed by atoms with Gasteiger partial charge in [0.25, 0.3) is 5.91 Å². The maximum Gasteiger partial charge on any atom is 0.257 e. The van der Waals surface area contributed by atoms with Crippen molar-refractivity contribution >= 4 is 54.9 Å². The summed E-state index contributed by atoms with van der Waals surface area (Å²) in [6.45, 7) is 1.81. The summed E-state index contributed by atoms with van der Waals surface area (Å²) >= 11 is 3.27. The van der Waals surface area contributed by atoms with Gasteiger partial charge in [0.15, 0.2) is 16.9 Å². The largest absolute Gasteiger partial charge is 0.493 e. The van der Waals surface area contributed by atoms with Crippen molar-refractivity contribution in [2.75, 3.05) is 38.9 Å². The lowest BCUT2D eigenvalue weighted by atomic mass is 10.1. The number of nitrogens with zero attached hydrogens (tertiary/aromatic N) is 1. The summed E-state index contributed by atoms with van der Waals surface area (Å²) in [7, 11) is 5.42. The predicted molar refractivity (Wildman–Crippen MR) is 171 cm³/mol. The number of anilines is 1. The fraction of sp³-hybridized carbons (Fsp3) is 0.212. The highest BCUT2D eigenvalue weighted by atomic mass is 32.2. The van der Waals surface area contributed by atoms with Gasteiger partial charge in [-0.3, -0.25) is 9.59 Å². The molecule has 1 amide bonds. The van der Waals surface area contributed by atoms with Crippen molar-refractivity contribution in [3.05, 3.63) is 106 Å². The van der Waals surface area contributed by atoms with E-state index in [-0.39, 0.29) is 11.3 Å². The molecule has 1 N–H and O–H groups in total. The van der Waals surface area contributed by atoms with E-state index in [4.69, 9.17) is 9.47 Å². The topological polar surface area (TPSA) is 67.9 Å². The van der Waals surface area contributed by atoms with E-state index in [2.05, 4.69) is 23.3 Å². The Labute approximate surface area is 247 Å². The molecule has 0 aliphatic carbocycles. The normalized spacial score (nSPS) is 11.2. The second-order valence-electron chi connectivity index (χ2n) is 9.72. The van der Waals surface area contributed by atoms with E-state index < -0.39 is 0 Å². The van der Waals surface area contributed by atoms with Crippen LogP contribution in [0.1, 0.15) is 22.3 Å². The zero-order valence-electron chi connectivity index (χ0n) is 23.3. The van der Waals surface area contributed by atoms with Crippen LogP contribution in [-0.4, -0.2) is 44.4 Å². The molecule has 5 aromatic rings. The van der Waals surface area contributed by atoms with Crippen molar-refractivity contribution in [3.63, 3.8) is 0 Å². The molecule has 6 nitrogen and oxygen atoms in total. The van der Waals surface area contributed by atoms with Crippen molar-refractivity contribution < 1.29 is 14.3 Å². The molecule has 4 aromatic carbocycles. The average Bonchev–Trinajstić information content (AvgIpc) is 3.00. The van der Waals surface area contributed by atoms with Gasteiger partial charge in [-0.2, -0.15) is 0 Å². The average molecular weight is 585 g/mol. The van der Waals surface area contributed by atoms with Crippen LogP contribution in [0.3, 0.4) is 0 Å². The highest BCUT2D eigenvalue weighted by Crippen LogP contribution is 2.29. The number of carbonyl (C=O) groups is 1. The molecule has 0 radical (unpaired) electrons. The Morgan fingerprint density at radius 3 is 2.44 bits per heavy atom. The SMILES string of the molecule is COc1ccc(CN(C)CCCSc2ccc(NC(=O)c3cccc4c(=O)c5ccccc5sc34)cc2)cc1OC. The minimum absolute atomic E-state index is 0.0439. The van der Waals surface area contributed by atoms with Crippen LogP contribution in [0.25, 0.3) is 20.2 Å². The molecule has 8 heteroatoms. The lowest BCUT2D eigenvalue weighted by Gasteiger charge is -2.17. The quantitative estimate of drug-likeness (QED) is 0.0999. The molecule has 0 aliphatic heterocycles. The van der Waals surface area contributed by atoms with Crippen LogP contribution in [0.15, 0.2) is 94.6 Å². The Hall–Kier alpha value is -3.85. The van der Waals surface area contributed by atoms with Gasteiger partial charge in [-0.05, 0) is 92.0 Å². The molecule has 1 aromatic heterocycles. The standard InChI is InChI=1S/C33H32N2O4S2/c1-35(21-22-12-17-28(38-2)29(20-22)39-3)18-7-19-40-24-15-13-23(14-16-24)34-33(37)27-10-6-9-26-31(36)25-8-4-5-11-30(25)41-32(26)27/h4-6,8-17,20H,7,18-19,21H2,1-3H3,(H,34,37). The first-order valence-electron chi connectivity index (χ1n) is 13.3. The number of hydrogen-bond donors (Lipinski definition) is 1. The molecular formula is C33H32N2O4S2. The fourth-order valence-electron chi connectivity index (χ4n) is 4.73. The molecule has 0 aliphatic rings. The number of nitrogens with one attached hydrogen (secondary N) is 1. The number of amides is 1. The lowest BCUT2D eigenvalue weighted by Crippen LogP contribution is -2.19. The van der Waals surface area contributed by atoms with Crippen LogP contribution in [0.4, 0.5) is 5.69 Å². The van der Waals surface area contributed by atoms with Crippen LogP contribution in [0.2, 0.25) is 0 Å². The summed E-state index contributed by atoms with van der Waals surface area (Å²) in [5, 5.41) is 4.25. The maximum atomic E-state index is 13.2. The van der Waals surface area contributed by atoms with Crippen molar-refractivity contribution in [2.24, 2.45) is 0 Å². The third-order valence-corrected chi connectivity index (χ3v) is 9.13. The number of thioether (sulfide) groups is 1. The number of methoxy groups -OCH3 is 2. The molecule has 0 saturated carbocycles. The Morgan fingerprint density at radius 2 is 1.66 bits per heavy atom. The predicted octanol–water partition coefficient (Wildman–Crippen LogP) is 7.30. The molecule has 0 unspecified atom stereocenters. The number of hydrogen-bond acceptors (Lipinski definition) is 7. The summed E-state index contributed by atoms with van der Waals surface area (Å²) in [6, 6.07) is 26.8. The minimum atomic E-state index is -0.223. The van der Waals surface area contributed by atoms with Gasteiger partial charge < -0.3 is 19.7 Å². The van der Waals surface area contributed by atoms with Crippen LogP contribution in [0, 0.1) is 0 Å². The van der Waals surface area contributed by atoms with Crippen molar-refractivity contribution in [1.82, 2.24) is 4.90 Å². The summed E-state index contributed by atoms with van der Waals surface area (Å²) in [5.74, 6) is 2.25. The molecule has 0 saturated heterocycles. The zero-order chi connectivity index (χ0) is 28.8. The van der Waals surface area contributed by atoms with Crippen LogP contribution >= 0.6 is 23.1 Å². The summed E-state index contributed by atoms with van der Waals surface area (Å²) in [6.07, 6.45) is 1.05. The molecule has 0 atom stereocenters. The molecule has 41 heavy (non-hydrogen) atoms. The van der Waals surface area contributed by atoms with Gasteiger partial charge >= 0.3 is 0 Å². The fourth-order valence-corrected chi connectivity index (χ4v) is 6.75. The number of rotatable bonds is 11. The second-order valence-corrected chi connectivity index (χ2v) is 11.9. The third kappa shape index (κ3) is 6.73. The van der Waals surface area contributed by atoms with Gasteiger partial charge in [0.05, 0.1) is 24.5 Å². The van der Waals surface area contributed by atoms with Crippen molar-refractivity contribution in [3.8, 4) is 11.5 Å². The zero-order valence-corrected chi connectivity index (χ0v) is 24.9. The highest BCUT2D eigenvalue weighted by Gasteiger charge is 2.15. The third-order valence-electron chi connectivity index (χ3n) is 6.81. The van der Waals surface area contributed by atoms with Crippen LogP contribution in [0.5, 0.6) is 11.5 Å². The monoisotopic (exact) mass is 584 g/mol. The molecule has 1 heterocycles. The number of benzene rings is 4. The highest BCUT2D eigenvalue weighted by molar-refractivity contribution is 7.99. The molecule has 0 spiro atoms. The van der Waals surface area contributed by atoms with E-state index >= 15 is 0 Å². The lowest BCUT2D eigenvalue weighted by molar-refractivity contribution is 0.102. The summed E-state index contributed by atoms with van der Waals surface area (Å²) in [5.41, 5.74) is 2.36. The van der Waals surface area contributed by atoms with Crippen molar-refractivity contribution in [1.29, 1.82) is 0 Å². The van der Waals surface area contributed by atoms with Gasteiger partial charge in [0.1, 0.15) is 0 Å². The summed E-state index contributed by atoms with van der Waals surface area (Å²) < 4.78 is 12.3. The first kappa shape index (κ1) is 28.7. The molecule has 0 fully saturated rings. The number of carbonyl (C=O) groups excluding carboxylic acids is 1. The molecule has 5 rings (SSSR count). The number of fused-ring (bicyclic) bond motifs is 2. The van der Waals surface area contributed by atoms with E-state index in [1.807, 2.05) is 60.7 Å². The molecule has 210 valence electrons. The Bertz CT molecular complexity index is 1730. The second kappa shape index (κ2) is 13.2. The smallest absolute Gasteiger partial charge is 0.257 e. The van der Waals surface area contributed by atoms with Gasteiger partial charge in [-0.1, -0.05) is 24.3 Å². The van der Waals surface area contributed by atoms with E-state index in [0.29, 0.717) is 21.0 Å². The first-order valence-corrected chi connectivity index (χ1v) is 15.2. The van der Waals surface area contributed by atoms with Crippen LogP contribution in [-0.2, 0) is 6.54 Å². The minimum Gasteiger partial charge on any atom is -0.493 e. The van der Waals surface area contributed by atoms with Gasteiger partial charge in [-0.25, -0.2) is 0 Å². The van der Waals surface area contributed by atoms with Crippen LogP contribution < -0.4 is 20.2 Å². The van der Waals surface area contributed by atoms with Crippen molar-refractivity contribution in [2.45, 2.75) is 17.9 Å². The molecule has 0 bridgehead atoms. The van der Waals surface area contributed by atoms with E-state index in [9.17, 15) is 9.59 Å². The maximum absolute atomic E-state index is 13.2. The van der Waals surface area contributed by atoms with Gasteiger partial charge in [0.2, 0.25) is 0 Å². The molecular weight excluding hydrogens is 553 g/mol.